The van der Waals surface area contributed by atoms with Crippen LogP contribution in [0.5, 0.6) is 5.75 Å². The fourth-order valence-corrected chi connectivity index (χ4v) is 3.96. The first-order valence-corrected chi connectivity index (χ1v) is 8.54. The van der Waals surface area contributed by atoms with Gasteiger partial charge in [-0.1, -0.05) is 24.3 Å². The van der Waals surface area contributed by atoms with E-state index in [2.05, 4.69) is 0 Å². The summed E-state index contributed by atoms with van der Waals surface area (Å²) >= 11 is 0. The molecule has 2 aliphatic heterocycles. The summed E-state index contributed by atoms with van der Waals surface area (Å²) in [5, 5.41) is 0. The largest absolute Gasteiger partial charge is 0.488 e. The van der Waals surface area contributed by atoms with E-state index in [9.17, 15) is 14.4 Å². The number of hydrogen-bond acceptors (Lipinski definition) is 6. The van der Waals surface area contributed by atoms with Crippen molar-refractivity contribution in [1.82, 2.24) is 0 Å². The van der Waals surface area contributed by atoms with Gasteiger partial charge in [-0.3, -0.25) is 9.59 Å². The first kappa shape index (κ1) is 15.8. The summed E-state index contributed by atoms with van der Waals surface area (Å²) in [5.74, 6) is -0.625. The first-order valence-electron chi connectivity index (χ1n) is 8.54. The molecule has 0 bridgehead atoms. The highest BCUT2D eigenvalue weighted by Crippen LogP contribution is 2.47. The van der Waals surface area contributed by atoms with Crippen molar-refractivity contribution in [2.24, 2.45) is 0 Å². The molecule has 2 aromatic carbocycles. The Morgan fingerprint density at radius 3 is 2.56 bits per heavy atom. The number of fused-ring (bicyclic) bond motifs is 5. The summed E-state index contributed by atoms with van der Waals surface area (Å²) in [6.45, 7) is 0.197. The second kappa shape index (κ2) is 5.54. The summed E-state index contributed by atoms with van der Waals surface area (Å²) in [4.78, 5) is 37.7. The quantitative estimate of drug-likeness (QED) is 0.726. The van der Waals surface area contributed by atoms with E-state index in [0.29, 0.717) is 22.4 Å². The third-order valence-electron chi connectivity index (χ3n) is 5.25. The fourth-order valence-electron chi connectivity index (χ4n) is 3.96. The Labute approximate surface area is 154 Å². The Hall–Kier alpha value is -3.41. The van der Waals surface area contributed by atoms with E-state index in [1.165, 1.54) is 7.11 Å². The summed E-state index contributed by atoms with van der Waals surface area (Å²) in [6, 6.07) is 11.7. The average Bonchev–Trinajstić information content (AvgIpc) is 3.08. The van der Waals surface area contributed by atoms with E-state index < -0.39 is 12.1 Å². The molecule has 6 nitrogen and oxygen atoms in total. The fraction of sp³-hybridized carbons (Fsp3) is 0.190. The second-order valence-corrected chi connectivity index (χ2v) is 6.65. The highest BCUT2D eigenvalue weighted by atomic mass is 16.5. The van der Waals surface area contributed by atoms with E-state index in [4.69, 9.17) is 14.2 Å². The van der Waals surface area contributed by atoms with Gasteiger partial charge in [0.2, 0.25) is 5.78 Å². The lowest BCUT2D eigenvalue weighted by Gasteiger charge is -2.31. The molecule has 1 aliphatic carbocycles. The van der Waals surface area contributed by atoms with Crippen molar-refractivity contribution in [3.8, 4) is 5.75 Å². The first-order chi connectivity index (χ1) is 13.1. The van der Waals surface area contributed by atoms with Crippen LogP contribution in [0.2, 0.25) is 0 Å². The molecule has 0 unspecified atom stereocenters. The number of allylic oxidation sites excluding steroid dienone is 1. The monoisotopic (exact) mass is 362 g/mol. The van der Waals surface area contributed by atoms with Crippen LogP contribution in [0.3, 0.4) is 0 Å². The number of carbonyl (C=O) groups excluding carboxylic acids is 3. The molecule has 3 aliphatic rings. The second-order valence-electron chi connectivity index (χ2n) is 6.65. The lowest BCUT2D eigenvalue weighted by Crippen LogP contribution is -2.39. The molecule has 6 heteroatoms. The molecule has 0 aromatic heterocycles. The summed E-state index contributed by atoms with van der Waals surface area (Å²) in [5.41, 5.74) is 2.14. The number of carbonyl (C=O) groups is 3. The van der Waals surface area contributed by atoms with Crippen LogP contribution in [0.15, 0.2) is 53.8 Å². The van der Waals surface area contributed by atoms with E-state index in [1.54, 1.807) is 42.5 Å². The minimum absolute atomic E-state index is 0.0703. The van der Waals surface area contributed by atoms with Crippen LogP contribution < -0.4 is 4.74 Å². The topological polar surface area (TPSA) is 78.9 Å². The van der Waals surface area contributed by atoms with Gasteiger partial charge in [0.05, 0.1) is 30.8 Å². The number of esters is 1. The van der Waals surface area contributed by atoms with Crippen molar-refractivity contribution in [3.63, 3.8) is 0 Å². The lowest BCUT2D eigenvalue weighted by molar-refractivity contribution is 0.0600. The molecule has 27 heavy (non-hydrogen) atoms. The van der Waals surface area contributed by atoms with Crippen molar-refractivity contribution in [2.45, 2.75) is 12.0 Å². The van der Waals surface area contributed by atoms with Crippen LogP contribution in [-0.4, -0.2) is 37.4 Å². The van der Waals surface area contributed by atoms with Gasteiger partial charge in [-0.2, -0.15) is 0 Å². The minimum atomic E-state index is -0.610. The Balaban J connectivity index is 1.60. The highest BCUT2D eigenvalue weighted by molar-refractivity contribution is 6.26. The Morgan fingerprint density at radius 2 is 1.81 bits per heavy atom. The molecule has 2 atom stereocenters. The van der Waals surface area contributed by atoms with Crippen LogP contribution in [0.25, 0.3) is 0 Å². The molecular weight excluding hydrogens is 348 g/mol. The van der Waals surface area contributed by atoms with E-state index in [1.807, 2.05) is 0 Å². The van der Waals surface area contributed by atoms with Gasteiger partial charge in [0.15, 0.2) is 11.5 Å². The van der Waals surface area contributed by atoms with E-state index in [0.717, 1.165) is 5.56 Å². The van der Waals surface area contributed by atoms with Crippen LogP contribution >= 0.6 is 0 Å². The smallest absolute Gasteiger partial charge is 0.337 e. The molecule has 0 saturated heterocycles. The highest BCUT2D eigenvalue weighted by Gasteiger charge is 2.49. The maximum absolute atomic E-state index is 13.1. The molecule has 0 radical (unpaired) electrons. The summed E-state index contributed by atoms with van der Waals surface area (Å²) < 4.78 is 16.5. The molecule has 0 fully saturated rings. The van der Waals surface area contributed by atoms with Crippen LogP contribution in [0.1, 0.15) is 42.6 Å². The molecule has 0 amide bonds. The van der Waals surface area contributed by atoms with Crippen molar-refractivity contribution >= 4 is 17.5 Å². The Kier molecular flexibility index (Phi) is 3.25. The maximum atomic E-state index is 13.1. The van der Waals surface area contributed by atoms with Gasteiger partial charge in [0.25, 0.3) is 0 Å². The van der Waals surface area contributed by atoms with Crippen molar-refractivity contribution in [1.29, 1.82) is 0 Å². The molecule has 2 aromatic rings. The molecule has 0 N–H and O–H groups in total. The van der Waals surface area contributed by atoms with Gasteiger partial charge < -0.3 is 14.2 Å². The van der Waals surface area contributed by atoms with Gasteiger partial charge in [-0.15, -0.1) is 0 Å². The Bertz CT molecular complexity index is 1060. The number of benzene rings is 2. The lowest BCUT2D eigenvalue weighted by atomic mass is 9.80. The van der Waals surface area contributed by atoms with Crippen LogP contribution in [-0.2, 0) is 9.47 Å². The minimum Gasteiger partial charge on any atom is -0.488 e. The maximum Gasteiger partial charge on any atom is 0.337 e. The number of hydrogen-bond donors (Lipinski definition) is 0. The zero-order valence-corrected chi connectivity index (χ0v) is 14.4. The van der Waals surface area contributed by atoms with E-state index >= 15 is 0 Å². The number of ketones is 2. The molecule has 0 spiro atoms. The number of rotatable bonds is 1. The molecule has 134 valence electrons. The number of ether oxygens (including phenoxy) is 3. The van der Waals surface area contributed by atoms with Gasteiger partial charge in [0, 0.05) is 16.7 Å². The van der Waals surface area contributed by atoms with Gasteiger partial charge >= 0.3 is 5.97 Å². The van der Waals surface area contributed by atoms with Gasteiger partial charge in [0.1, 0.15) is 11.9 Å². The average molecular weight is 362 g/mol. The predicted molar refractivity (Wildman–Crippen MR) is 93.0 cm³/mol. The van der Waals surface area contributed by atoms with Crippen LogP contribution in [0.4, 0.5) is 0 Å². The number of methoxy groups -OCH3 is 1. The predicted octanol–water partition coefficient (Wildman–Crippen LogP) is 2.68. The SMILES string of the molecule is COC(=O)c1ccc2c(c1)[C@@H]1COC3=C(C(=O)c4ccccc4C3=O)[C@@H]1O2. The van der Waals surface area contributed by atoms with Crippen molar-refractivity contribution in [2.75, 3.05) is 13.7 Å². The normalized spacial score (nSPS) is 22.1. The zero-order chi connectivity index (χ0) is 18.7. The molecule has 5 rings (SSSR count). The van der Waals surface area contributed by atoms with Crippen LogP contribution in [0, 0.1) is 0 Å². The standard InChI is InChI=1S/C21H14O6/c1-25-21(24)10-6-7-15-13(8-10)14-9-26-20-16(19(14)27-15)17(22)11-4-2-3-5-12(11)18(20)23/h2-8,14,19H,9H2,1H3/t14-,19+/m0/s1. The zero-order valence-electron chi connectivity index (χ0n) is 14.4. The molecular formula is C21H14O6. The van der Waals surface area contributed by atoms with Gasteiger partial charge in [-0.25, -0.2) is 4.79 Å². The molecule has 2 heterocycles. The third kappa shape index (κ3) is 2.10. The number of Topliss-reactive ketones (excluding diaryl/α,β-unsaturated/α-hetero) is 2. The van der Waals surface area contributed by atoms with E-state index in [-0.39, 0.29) is 35.4 Å². The van der Waals surface area contributed by atoms with Crippen molar-refractivity contribution < 1.29 is 28.6 Å². The summed E-state index contributed by atoms with van der Waals surface area (Å²) in [6.07, 6.45) is -0.610. The van der Waals surface area contributed by atoms with Gasteiger partial charge in [-0.05, 0) is 18.2 Å². The van der Waals surface area contributed by atoms with Crippen molar-refractivity contribution in [3.05, 3.63) is 76.1 Å². The third-order valence-corrected chi connectivity index (χ3v) is 5.25. The summed E-state index contributed by atoms with van der Waals surface area (Å²) in [7, 11) is 1.32. The Morgan fingerprint density at radius 1 is 1.07 bits per heavy atom. The molecule has 0 saturated carbocycles.